The van der Waals surface area contributed by atoms with E-state index in [0.717, 1.165) is 0 Å². The molecule has 0 spiro atoms. The van der Waals surface area contributed by atoms with Crippen LogP contribution in [-0.4, -0.2) is 12.6 Å². The Morgan fingerprint density at radius 1 is 1.50 bits per heavy atom. The molecule has 16 heavy (non-hydrogen) atoms. The fourth-order valence-corrected chi connectivity index (χ4v) is 1.05. The SMILES string of the molecule is CCOC(=O)C#Cc1cc(N)ccc1C#N. The lowest BCUT2D eigenvalue weighted by atomic mass is 10.1. The molecule has 0 aliphatic heterocycles. The fourth-order valence-electron chi connectivity index (χ4n) is 1.05. The molecule has 0 atom stereocenters. The minimum Gasteiger partial charge on any atom is -0.456 e. The predicted molar refractivity (Wildman–Crippen MR) is 59.1 cm³/mol. The van der Waals surface area contributed by atoms with Crippen molar-refractivity contribution < 1.29 is 9.53 Å². The number of nitrogens with zero attached hydrogens (tertiary/aromatic N) is 1. The number of hydrogen-bond donors (Lipinski definition) is 1. The van der Waals surface area contributed by atoms with Gasteiger partial charge in [0, 0.05) is 17.2 Å². The minimum absolute atomic E-state index is 0.273. The van der Waals surface area contributed by atoms with E-state index in [-0.39, 0.29) is 6.61 Å². The summed E-state index contributed by atoms with van der Waals surface area (Å²) in [6.07, 6.45) is 0. The lowest BCUT2D eigenvalue weighted by Gasteiger charge is -1.97. The molecule has 0 unspecified atom stereocenters. The number of nitriles is 1. The van der Waals surface area contributed by atoms with E-state index in [0.29, 0.717) is 16.8 Å². The van der Waals surface area contributed by atoms with E-state index in [1.165, 1.54) is 0 Å². The number of benzene rings is 1. The highest BCUT2D eigenvalue weighted by Gasteiger charge is 2.00. The van der Waals surface area contributed by atoms with Crippen LogP contribution in [0.15, 0.2) is 18.2 Å². The summed E-state index contributed by atoms with van der Waals surface area (Å²) in [6, 6.07) is 6.68. The lowest BCUT2D eigenvalue weighted by Crippen LogP contribution is -2.00. The standard InChI is InChI=1S/C12H10N2O2/c1-2-16-12(15)6-4-9-7-11(14)5-3-10(9)8-13/h3,5,7H,2,14H2,1H3. The number of carbonyl (C=O) groups is 1. The van der Waals surface area contributed by atoms with Crippen LogP contribution in [0.4, 0.5) is 5.69 Å². The van der Waals surface area contributed by atoms with Gasteiger partial charge in [0.15, 0.2) is 0 Å². The molecule has 0 bridgehead atoms. The summed E-state index contributed by atoms with van der Waals surface area (Å²) >= 11 is 0. The number of hydrogen-bond acceptors (Lipinski definition) is 4. The number of ether oxygens (including phenoxy) is 1. The summed E-state index contributed by atoms with van der Waals surface area (Å²) in [5.41, 5.74) is 6.85. The summed E-state index contributed by atoms with van der Waals surface area (Å²) in [5.74, 6) is 4.23. The zero-order valence-corrected chi connectivity index (χ0v) is 8.78. The van der Waals surface area contributed by atoms with Gasteiger partial charge >= 0.3 is 5.97 Å². The highest BCUT2D eigenvalue weighted by molar-refractivity contribution is 5.89. The van der Waals surface area contributed by atoms with Crippen LogP contribution in [0.1, 0.15) is 18.1 Å². The Morgan fingerprint density at radius 3 is 2.88 bits per heavy atom. The number of nitrogens with two attached hydrogens (primary N) is 1. The minimum atomic E-state index is -0.617. The third-order valence-electron chi connectivity index (χ3n) is 1.74. The summed E-state index contributed by atoms with van der Waals surface area (Å²) in [5, 5.41) is 8.80. The second kappa shape index (κ2) is 5.43. The number of anilines is 1. The van der Waals surface area contributed by atoms with Gasteiger partial charge in [-0.3, -0.25) is 0 Å². The van der Waals surface area contributed by atoms with Crippen molar-refractivity contribution >= 4 is 11.7 Å². The van der Waals surface area contributed by atoms with Gasteiger partial charge in [-0.1, -0.05) is 5.92 Å². The van der Waals surface area contributed by atoms with Crippen molar-refractivity contribution in [2.75, 3.05) is 12.3 Å². The first-order valence-electron chi connectivity index (χ1n) is 4.65. The Morgan fingerprint density at radius 2 is 2.25 bits per heavy atom. The van der Waals surface area contributed by atoms with Gasteiger partial charge in [-0.2, -0.15) is 5.26 Å². The maximum absolute atomic E-state index is 11.0. The number of rotatable bonds is 1. The van der Waals surface area contributed by atoms with E-state index >= 15 is 0 Å². The second-order valence-corrected chi connectivity index (χ2v) is 2.89. The fraction of sp³-hybridized carbons (Fsp3) is 0.167. The molecular formula is C12H10N2O2. The van der Waals surface area contributed by atoms with E-state index in [2.05, 4.69) is 16.6 Å². The first-order chi connectivity index (χ1) is 7.67. The van der Waals surface area contributed by atoms with Crippen molar-refractivity contribution in [3.63, 3.8) is 0 Å². The van der Waals surface area contributed by atoms with Crippen LogP contribution in [-0.2, 0) is 9.53 Å². The van der Waals surface area contributed by atoms with Crippen LogP contribution in [0, 0.1) is 23.2 Å². The molecule has 2 N–H and O–H groups in total. The van der Waals surface area contributed by atoms with Crippen LogP contribution in [0.3, 0.4) is 0 Å². The van der Waals surface area contributed by atoms with Crippen LogP contribution >= 0.6 is 0 Å². The monoisotopic (exact) mass is 214 g/mol. The quantitative estimate of drug-likeness (QED) is 0.430. The third kappa shape index (κ3) is 3.04. The van der Waals surface area contributed by atoms with Gasteiger partial charge in [0.05, 0.1) is 12.2 Å². The van der Waals surface area contributed by atoms with Crippen molar-refractivity contribution in [2.24, 2.45) is 0 Å². The summed E-state index contributed by atoms with van der Waals surface area (Å²) < 4.78 is 4.64. The van der Waals surface area contributed by atoms with Crippen molar-refractivity contribution in [2.45, 2.75) is 6.92 Å². The van der Waals surface area contributed by atoms with Gasteiger partial charge in [0.25, 0.3) is 0 Å². The molecule has 0 fully saturated rings. The van der Waals surface area contributed by atoms with Crippen LogP contribution in [0.2, 0.25) is 0 Å². The molecular weight excluding hydrogens is 204 g/mol. The number of esters is 1. The number of carbonyl (C=O) groups excluding carboxylic acids is 1. The molecule has 0 aromatic heterocycles. The molecule has 0 aliphatic carbocycles. The molecule has 0 saturated heterocycles. The van der Waals surface area contributed by atoms with Gasteiger partial charge in [0.1, 0.15) is 6.07 Å². The van der Waals surface area contributed by atoms with Gasteiger partial charge in [-0.25, -0.2) is 4.79 Å². The summed E-state index contributed by atoms with van der Waals surface area (Å²) in [4.78, 5) is 11.0. The zero-order chi connectivity index (χ0) is 12.0. The van der Waals surface area contributed by atoms with E-state index in [1.54, 1.807) is 25.1 Å². The molecule has 1 aromatic rings. The third-order valence-corrected chi connectivity index (χ3v) is 1.74. The average Bonchev–Trinajstić information content (AvgIpc) is 2.27. The van der Waals surface area contributed by atoms with E-state index in [4.69, 9.17) is 11.0 Å². The van der Waals surface area contributed by atoms with Crippen molar-refractivity contribution in [3.05, 3.63) is 29.3 Å². The van der Waals surface area contributed by atoms with Gasteiger partial charge in [-0.05, 0) is 25.1 Å². The average molecular weight is 214 g/mol. The molecule has 80 valence electrons. The highest BCUT2D eigenvalue weighted by atomic mass is 16.5. The molecule has 0 saturated carbocycles. The van der Waals surface area contributed by atoms with E-state index in [9.17, 15) is 4.79 Å². The van der Waals surface area contributed by atoms with Gasteiger partial charge < -0.3 is 10.5 Å². The Balaban J connectivity index is 3.00. The molecule has 0 radical (unpaired) electrons. The Labute approximate surface area is 93.6 Å². The van der Waals surface area contributed by atoms with Crippen molar-refractivity contribution in [1.29, 1.82) is 5.26 Å². The van der Waals surface area contributed by atoms with Gasteiger partial charge in [-0.15, -0.1) is 0 Å². The first kappa shape index (κ1) is 11.6. The zero-order valence-electron chi connectivity index (χ0n) is 8.78. The predicted octanol–water partition coefficient (Wildman–Crippen LogP) is 1.06. The molecule has 0 aliphatic rings. The van der Waals surface area contributed by atoms with Crippen LogP contribution in [0.25, 0.3) is 0 Å². The molecule has 4 heteroatoms. The second-order valence-electron chi connectivity index (χ2n) is 2.89. The Hall–Kier alpha value is -2.46. The summed E-state index contributed by atoms with van der Waals surface area (Å²) in [6.45, 7) is 1.97. The summed E-state index contributed by atoms with van der Waals surface area (Å²) in [7, 11) is 0. The molecule has 0 heterocycles. The topological polar surface area (TPSA) is 76.1 Å². The largest absolute Gasteiger partial charge is 0.456 e. The Bertz CT molecular complexity index is 504. The van der Waals surface area contributed by atoms with Crippen LogP contribution < -0.4 is 5.73 Å². The highest BCUT2D eigenvalue weighted by Crippen LogP contribution is 2.11. The smallest absolute Gasteiger partial charge is 0.384 e. The molecule has 1 aromatic carbocycles. The molecule has 0 amide bonds. The molecule has 4 nitrogen and oxygen atoms in total. The maximum Gasteiger partial charge on any atom is 0.384 e. The van der Waals surface area contributed by atoms with Crippen molar-refractivity contribution in [3.8, 4) is 17.9 Å². The van der Waals surface area contributed by atoms with E-state index < -0.39 is 5.97 Å². The Kier molecular flexibility index (Phi) is 3.94. The normalized spacial score (nSPS) is 8.50. The lowest BCUT2D eigenvalue weighted by molar-refractivity contribution is -0.136. The number of nitrogen functional groups attached to an aromatic ring is 1. The van der Waals surface area contributed by atoms with E-state index in [1.807, 2.05) is 6.07 Å². The van der Waals surface area contributed by atoms with Crippen LogP contribution in [0.5, 0.6) is 0 Å². The maximum atomic E-state index is 11.0. The molecule has 1 rings (SSSR count). The van der Waals surface area contributed by atoms with Gasteiger partial charge in [0.2, 0.25) is 0 Å². The first-order valence-corrected chi connectivity index (χ1v) is 4.65. The van der Waals surface area contributed by atoms with Crippen molar-refractivity contribution in [1.82, 2.24) is 0 Å².